The van der Waals surface area contributed by atoms with Crippen LogP contribution in [0.25, 0.3) is 22.4 Å². The zero-order chi connectivity index (χ0) is 15.0. The second kappa shape index (κ2) is 5.30. The molecule has 0 spiro atoms. The maximum atomic E-state index is 9.82. The minimum absolute atomic E-state index is 0.0636. The second-order valence-electron chi connectivity index (χ2n) is 4.97. The van der Waals surface area contributed by atoms with Crippen molar-refractivity contribution in [3.05, 3.63) is 41.4 Å². The Hall–Kier alpha value is -2.20. The average Bonchev–Trinajstić information content (AvgIpc) is 2.83. The van der Waals surface area contributed by atoms with Crippen molar-refractivity contribution >= 4 is 28.3 Å². The van der Waals surface area contributed by atoms with Gasteiger partial charge in [0.15, 0.2) is 0 Å². The first-order valence-electron chi connectivity index (χ1n) is 6.85. The summed E-state index contributed by atoms with van der Waals surface area (Å²) in [6.07, 6.45) is 0.963. The fourth-order valence-corrected chi connectivity index (χ4v) is 2.76. The van der Waals surface area contributed by atoms with Crippen molar-refractivity contribution in [1.82, 2.24) is 9.55 Å². The molecule has 0 amide bonds. The molecule has 0 bridgehead atoms. The Morgan fingerprint density at radius 1 is 1.29 bits per heavy atom. The molecule has 0 aliphatic heterocycles. The van der Waals surface area contributed by atoms with Gasteiger partial charge in [-0.1, -0.05) is 24.6 Å². The van der Waals surface area contributed by atoms with Crippen molar-refractivity contribution in [2.24, 2.45) is 0 Å². The number of hydrogen-bond acceptors (Lipinski definition) is 3. The molecule has 21 heavy (non-hydrogen) atoms. The normalized spacial score (nSPS) is 11.1. The van der Waals surface area contributed by atoms with Crippen LogP contribution in [0.15, 0.2) is 36.4 Å². The molecule has 4 nitrogen and oxygen atoms in total. The van der Waals surface area contributed by atoms with E-state index in [9.17, 15) is 5.11 Å². The highest BCUT2D eigenvalue weighted by molar-refractivity contribution is 6.35. The maximum absolute atomic E-state index is 9.82. The number of fused-ring (bicyclic) bond motifs is 1. The fraction of sp³-hybridized carbons (Fsp3) is 0.188. The molecule has 108 valence electrons. The summed E-state index contributed by atoms with van der Waals surface area (Å²) >= 11 is 6.33. The van der Waals surface area contributed by atoms with Crippen LogP contribution in [-0.4, -0.2) is 14.7 Å². The number of hydrogen-bond donors (Lipinski definition) is 2. The van der Waals surface area contributed by atoms with Gasteiger partial charge >= 0.3 is 0 Å². The number of imidazole rings is 1. The first-order chi connectivity index (χ1) is 10.1. The largest absolute Gasteiger partial charge is 0.506 e. The van der Waals surface area contributed by atoms with Gasteiger partial charge < -0.3 is 15.4 Å². The highest BCUT2D eigenvalue weighted by atomic mass is 35.5. The van der Waals surface area contributed by atoms with Gasteiger partial charge in [-0.3, -0.25) is 0 Å². The Labute approximate surface area is 127 Å². The lowest BCUT2D eigenvalue weighted by Crippen LogP contribution is -2.00. The molecule has 0 fully saturated rings. The Bertz CT molecular complexity index is 811. The third kappa shape index (κ3) is 2.32. The number of aryl methyl sites for hydroxylation is 1. The number of rotatable bonds is 3. The van der Waals surface area contributed by atoms with E-state index in [0.29, 0.717) is 10.7 Å². The Morgan fingerprint density at radius 2 is 2.10 bits per heavy atom. The molecule has 0 aliphatic rings. The maximum Gasteiger partial charge on any atom is 0.141 e. The predicted octanol–water partition coefficient (Wildman–Crippen LogP) is 4.05. The van der Waals surface area contributed by atoms with Crippen molar-refractivity contribution in [3.8, 4) is 17.1 Å². The van der Waals surface area contributed by atoms with Crippen molar-refractivity contribution in [2.75, 3.05) is 5.73 Å². The molecular formula is C16H16ClN3O. The van der Waals surface area contributed by atoms with Crippen LogP contribution in [0.3, 0.4) is 0 Å². The van der Waals surface area contributed by atoms with Gasteiger partial charge in [0.05, 0.1) is 21.7 Å². The molecule has 5 heteroatoms. The quantitative estimate of drug-likeness (QED) is 0.566. The number of aromatic hydroxyl groups is 1. The highest BCUT2D eigenvalue weighted by Crippen LogP contribution is 2.32. The molecule has 0 radical (unpaired) electrons. The van der Waals surface area contributed by atoms with E-state index < -0.39 is 0 Å². The Morgan fingerprint density at radius 3 is 2.81 bits per heavy atom. The number of halogens is 1. The van der Waals surface area contributed by atoms with Gasteiger partial charge in [0.1, 0.15) is 11.6 Å². The van der Waals surface area contributed by atoms with Crippen LogP contribution >= 0.6 is 11.6 Å². The SMILES string of the molecule is CCCn1c(-c2ccc(N)c(O)c2)nc2cccc(Cl)c21. The molecule has 0 saturated heterocycles. The molecule has 0 unspecified atom stereocenters. The number of nitrogens with zero attached hydrogens (tertiary/aromatic N) is 2. The Balaban J connectivity index is 2.28. The molecule has 1 aromatic heterocycles. The standard InChI is InChI=1S/C16H16ClN3O/c1-2-8-20-15-11(17)4-3-5-13(15)19-16(20)10-6-7-12(18)14(21)9-10/h3-7,9,21H,2,8,18H2,1H3. The van der Waals surface area contributed by atoms with E-state index in [-0.39, 0.29) is 5.75 Å². The lowest BCUT2D eigenvalue weighted by molar-refractivity contribution is 0.478. The first-order valence-corrected chi connectivity index (χ1v) is 7.23. The Kier molecular flexibility index (Phi) is 3.47. The minimum Gasteiger partial charge on any atom is -0.506 e. The van der Waals surface area contributed by atoms with Crippen LogP contribution in [0.4, 0.5) is 5.69 Å². The van der Waals surface area contributed by atoms with E-state index in [1.54, 1.807) is 12.1 Å². The van der Waals surface area contributed by atoms with Crippen LogP contribution in [0.2, 0.25) is 5.02 Å². The summed E-state index contributed by atoms with van der Waals surface area (Å²) in [5.41, 5.74) is 8.62. The number of para-hydroxylation sites is 1. The molecule has 0 saturated carbocycles. The number of phenolic OH excluding ortho intramolecular Hbond substituents is 1. The fourth-order valence-electron chi connectivity index (χ4n) is 2.49. The molecule has 3 rings (SSSR count). The summed E-state index contributed by atoms with van der Waals surface area (Å²) in [5.74, 6) is 0.851. The van der Waals surface area contributed by atoms with Crippen LogP contribution in [-0.2, 0) is 6.54 Å². The number of nitrogen functional groups attached to an aromatic ring is 1. The number of nitrogens with two attached hydrogens (primary N) is 1. The lowest BCUT2D eigenvalue weighted by Gasteiger charge is -2.09. The highest BCUT2D eigenvalue weighted by Gasteiger charge is 2.15. The monoisotopic (exact) mass is 301 g/mol. The number of benzene rings is 2. The van der Waals surface area contributed by atoms with Gasteiger partial charge in [0.2, 0.25) is 0 Å². The van der Waals surface area contributed by atoms with Crippen molar-refractivity contribution < 1.29 is 5.11 Å². The van der Waals surface area contributed by atoms with Gasteiger partial charge in [0.25, 0.3) is 0 Å². The van der Waals surface area contributed by atoms with Gasteiger partial charge in [-0.25, -0.2) is 4.98 Å². The molecule has 0 atom stereocenters. The van der Waals surface area contributed by atoms with E-state index in [2.05, 4.69) is 16.5 Å². The van der Waals surface area contributed by atoms with Gasteiger partial charge in [-0.15, -0.1) is 0 Å². The first kappa shape index (κ1) is 13.8. The third-order valence-electron chi connectivity index (χ3n) is 3.45. The summed E-state index contributed by atoms with van der Waals surface area (Å²) in [6.45, 7) is 2.91. The third-order valence-corrected chi connectivity index (χ3v) is 3.76. The number of phenols is 1. The average molecular weight is 302 g/mol. The summed E-state index contributed by atoms with van der Waals surface area (Å²) in [5, 5.41) is 10.5. The number of anilines is 1. The van der Waals surface area contributed by atoms with Gasteiger partial charge in [0, 0.05) is 12.1 Å². The molecule has 0 aliphatic carbocycles. The minimum atomic E-state index is 0.0636. The summed E-state index contributed by atoms with van der Waals surface area (Å²) in [7, 11) is 0. The van der Waals surface area contributed by atoms with Crippen LogP contribution in [0, 0.1) is 0 Å². The van der Waals surface area contributed by atoms with E-state index in [1.807, 2.05) is 24.3 Å². The topological polar surface area (TPSA) is 64.1 Å². The van der Waals surface area contributed by atoms with Gasteiger partial charge in [-0.2, -0.15) is 0 Å². The van der Waals surface area contributed by atoms with E-state index >= 15 is 0 Å². The summed E-state index contributed by atoms with van der Waals surface area (Å²) in [6, 6.07) is 10.9. The predicted molar refractivity (Wildman–Crippen MR) is 86.5 cm³/mol. The van der Waals surface area contributed by atoms with Gasteiger partial charge in [-0.05, 0) is 36.8 Å². The zero-order valence-corrected chi connectivity index (χ0v) is 12.4. The molecule has 1 heterocycles. The van der Waals surface area contributed by atoms with Crippen molar-refractivity contribution in [3.63, 3.8) is 0 Å². The summed E-state index contributed by atoms with van der Waals surface area (Å²) < 4.78 is 2.09. The molecule has 2 aromatic carbocycles. The van der Waals surface area contributed by atoms with E-state index in [4.69, 9.17) is 17.3 Å². The second-order valence-corrected chi connectivity index (χ2v) is 5.38. The molecule has 3 aromatic rings. The summed E-state index contributed by atoms with van der Waals surface area (Å²) in [4.78, 5) is 4.66. The van der Waals surface area contributed by atoms with E-state index in [1.165, 1.54) is 0 Å². The van der Waals surface area contributed by atoms with E-state index in [0.717, 1.165) is 35.4 Å². The molecular weight excluding hydrogens is 286 g/mol. The molecule has 3 N–H and O–H groups in total. The van der Waals surface area contributed by atoms with Crippen LogP contribution in [0.1, 0.15) is 13.3 Å². The van der Waals surface area contributed by atoms with Crippen molar-refractivity contribution in [2.45, 2.75) is 19.9 Å². The van der Waals surface area contributed by atoms with Crippen LogP contribution < -0.4 is 5.73 Å². The smallest absolute Gasteiger partial charge is 0.141 e. The number of aromatic nitrogens is 2. The zero-order valence-electron chi connectivity index (χ0n) is 11.7. The van der Waals surface area contributed by atoms with Crippen LogP contribution in [0.5, 0.6) is 5.75 Å². The van der Waals surface area contributed by atoms with Crippen molar-refractivity contribution in [1.29, 1.82) is 0 Å². The lowest BCUT2D eigenvalue weighted by atomic mass is 10.2.